The van der Waals surface area contributed by atoms with Gasteiger partial charge in [0.25, 0.3) is 0 Å². The number of nitrogens with one attached hydrogen (secondary N) is 2. The first-order valence-corrected chi connectivity index (χ1v) is 5.72. The van der Waals surface area contributed by atoms with Gasteiger partial charge in [-0.25, -0.2) is 0 Å². The third-order valence-corrected chi connectivity index (χ3v) is 2.42. The summed E-state index contributed by atoms with van der Waals surface area (Å²) in [7, 11) is 3.31. The average Bonchev–Trinajstić information content (AvgIpc) is 2.35. The number of hydrogen-bond donors (Lipinski definition) is 2. The van der Waals surface area contributed by atoms with E-state index in [2.05, 4.69) is 10.6 Å². The molecular formula is C13H18N2O3. The fourth-order valence-electron chi connectivity index (χ4n) is 1.58. The second-order valence-corrected chi connectivity index (χ2v) is 3.87. The van der Waals surface area contributed by atoms with Crippen molar-refractivity contribution in [2.75, 3.05) is 26.0 Å². The Labute approximate surface area is 107 Å². The van der Waals surface area contributed by atoms with Gasteiger partial charge in [0, 0.05) is 25.6 Å². The number of hydrogen-bond acceptors (Lipinski definition) is 4. The molecule has 1 aromatic carbocycles. The summed E-state index contributed by atoms with van der Waals surface area (Å²) >= 11 is 0. The molecule has 1 aromatic rings. The molecule has 0 unspecified atom stereocenters. The predicted molar refractivity (Wildman–Crippen MR) is 70.2 cm³/mol. The summed E-state index contributed by atoms with van der Waals surface area (Å²) in [5.41, 5.74) is 1.08. The molecule has 1 amide bonds. The van der Waals surface area contributed by atoms with Crippen molar-refractivity contribution >= 4 is 17.4 Å². The molecule has 0 radical (unpaired) electrons. The van der Waals surface area contributed by atoms with Crippen LogP contribution in [0.1, 0.15) is 23.7 Å². The van der Waals surface area contributed by atoms with Gasteiger partial charge in [-0.2, -0.15) is 0 Å². The van der Waals surface area contributed by atoms with E-state index in [-0.39, 0.29) is 11.7 Å². The highest BCUT2D eigenvalue weighted by Gasteiger charge is 2.13. The topological polar surface area (TPSA) is 67.4 Å². The highest BCUT2D eigenvalue weighted by atomic mass is 16.5. The van der Waals surface area contributed by atoms with Crippen LogP contribution in [0.2, 0.25) is 0 Å². The molecule has 0 spiro atoms. The molecule has 0 heterocycles. The minimum absolute atomic E-state index is 0.0200. The molecule has 5 heteroatoms. The molecule has 0 saturated carbocycles. The number of benzene rings is 1. The van der Waals surface area contributed by atoms with Gasteiger partial charge in [0.2, 0.25) is 5.91 Å². The lowest BCUT2D eigenvalue weighted by Crippen LogP contribution is -2.14. The lowest BCUT2D eigenvalue weighted by molar-refractivity contribution is -0.114. The number of Topliss-reactive ketones (excluding diaryl/α,β-unsaturated/α-hetero) is 1. The van der Waals surface area contributed by atoms with Gasteiger partial charge < -0.3 is 15.4 Å². The molecule has 18 heavy (non-hydrogen) atoms. The summed E-state index contributed by atoms with van der Waals surface area (Å²) in [6.45, 7) is 2.03. The van der Waals surface area contributed by atoms with Crippen LogP contribution in [0.4, 0.5) is 5.69 Å². The van der Waals surface area contributed by atoms with Crippen LogP contribution in [0.15, 0.2) is 18.2 Å². The predicted octanol–water partition coefficient (Wildman–Crippen LogP) is 1.45. The molecule has 0 aliphatic heterocycles. The number of amides is 1. The Morgan fingerprint density at radius 2 is 2.06 bits per heavy atom. The Morgan fingerprint density at radius 1 is 1.33 bits per heavy atom. The quantitative estimate of drug-likeness (QED) is 0.750. The summed E-state index contributed by atoms with van der Waals surface area (Å²) in [4.78, 5) is 23.0. The standard InChI is InChI=1S/C13H18N2O3/c1-9(16)15-10-4-5-13(18-3)11(8-10)12(17)6-7-14-2/h4-5,8,14H,6-7H2,1-3H3,(H,15,16). The van der Waals surface area contributed by atoms with Crippen LogP contribution in [0.3, 0.4) is 0 Å². The van der Waals surface area contributed by atoms with Gasteiger partial charge in [-0.1, -0.05) is 0 Å². The molecule has 0 saturated heterocycles. The third-order valence-electron chi connectivity index (χ3n) is 2.42. The number of anilines is 1. The molecule has 98 valence electrons. The van der Waals surface area contributed by atoms with Crippen molar-refractivity contribution in [2.45, 2.75) is 13.3 Å². The van der Waals surface area contributed by atoms with E-state index in [9.17, 15) is 9.59 Å². The van der Waals surface area contributed by atoms with E-state index in [0.717, 1.165) is 0 Å². The van der Waals surface area contributed by atoms with Crippen molar-refractivity contribution in [1.29, 1.82) is 0 Å². The smallest absolute Gasteiger partial charge is 0.221 e. The summed E-state index contributed by atoms with van der Waals surface area (Å²) in [5, 5.41) is 5.57. The molecule has 0 aliphatic carbocycles. The zero-order valence-electron chi connectivity index (χ0n) is 10.9. The van der Waals surface area contributed by atoms with E-state index in [4.69, 9.17) is 4.74 Å². The lowest BCUT2D eigenvalue weighted by atomic mass is 10.1. The summed E-state index contributed by atoms with van der Waals surface area (Å²) < 4.78 is 5.15. The lowest BCUT2D eigenvalue weighted by Gasteiger charge is -2.10. The Kier molecular flexibility index (Phi) is 5.32. The van der Waals surface area contributed by atoms with Crippen LogP contribution in [-0.2, 0) is 4.79 Å². The Bertz CT molecular complexity index is 444. The first kappa shape index (κ1) is 14.2. The average molecular weight is 250 g/mol. The van der Waals surface area contributed by atoms with Gasteiger partial charge >= 0.3 is 0 Å². The van der Waals surface area contributed by atoms with Gasteiger partial charge in [-0.05, 0) is 25.2 Å². The van der Waals surface area contributed by atoms with E-state index in [1.54, 1.807) is 25.2 Å². The number of carbonyl (C=O) groups excluding carboxylic acids is 2. The summed E-state index contributed by atoms with van der Waals surface area (Å²) in [5.74, 6) is 0.326. The normalized spacial score (nSPS) is 9.94. The van der Waals surface area contributed by atoms with Gasteiger partial charge in [0.1, 0.15) is 5.75 Å². The highest BCUT2D eigenvalue weighted by molar-refractivity contribution is 6.00. The second kappa shape index (κ2) is 6.76. The molecule has 1 rings (SSSR count). The fraction of sp³-hybridized carbons (Fsp3) is 0.385. The van der Waals surface area contributed by atoms with Gasteiger partial charge in [0.05, 0.1) is 12.7 Å². The highest BCUT2D eigenvalue weighted by Crippen LogP contribution is 2.23. The Hall–Kier alpha value is -1.88. The van der Waals surface area contributed by atoms with Crippen LogP contribution < -0.4 is 15.4 Å². The van der Waals surface area contributed by atoms with Gasteiger partial charge in [-0.15, -0.1) is 0 Å². The molecule has 5 nitrogen and oxygen atoms in total. The zero-order chi connectivity index (χ0) is 13.5. The summed E-state index contributed by atoms with van der Waals surface area (Å²) in [6, 6.07) is 5.02. The van der Waals surface area contributed by atoms with Crippen molar-refractivity contribution in [3.8, 4) is 5.75 Å². The molecule has 2 N–H and O–H groups in total. The molecule has 0 atom stereocenters. The minimum atomic E-state index is -0.172. The van der Waals surface area contributed by atoms with Crippen LogP contribution >= 0.6 is 0 Å². The number of ketones is 1. The number of carbonyl (C=O) groups is 2. The van der Waals surface area contributed by atoms with Gasteiger partial charge in [0.15, 0.2) is 5.78 Å². The van der Waals surface area contributed by atoms with E-state index in [1.807, 2.05) is 0 Å². The van der Waals surface area contributed by atoms with Crippen LogP contribution in [0.5, 0.6) is 5.75 Å². The molecular weight excluding hydrogens is 232 g/mol. The number of rotatable bonds is 6. The number of ether oxygens (including phenoxy) is 1. The minimum Gasteiger partial charge on any atom is -0.496 e. The zero-order valence-corrected chi connectivity index (χ0v) is 10.9. The largest absolute Gasteiger partial charge is 0.496 e. The second-order valence-electron chi connectivity index (χ2n) is 3.87. The maximum absolute atomic E-state index is 12.0. The Balaban J connectivity index is 2.97. The van der Waals surface area contributed by atoms with Crippen LogP contribution in [0.25, 0.3) is 0 Å². The summed E-state index contributed by atoms with van der Waals surface area (Å²) in [6.07, 6.45) is 0.385. The van der Waals surface area contributed by atoms with Gasteiger partial charge in [-0.3, -0.25) is 9.59 Å². The van der Waals surface area contributed by atoms with E-state index in [1.165, 1.54) is 14.0 Å². The first-order valence-electron chi connectivity index (χ1n) is 5.72. The van der Waals surface area contributed by atoms with E-state index < -0.39 is 0 Å². The molecule has 0 aliphatic rings. The Morgan fingerprint density at radius 3 is 2.61 bits per heavy atom. The molecule has 0 fully saturated rings. The maximum atomic E-state index is 12.0. The first-order chi connectivity index (χ1) is 8.58. The van der Waals surface area contributed by atoms with Crippen molar-refractivity contribution in [3.05, 3.63) is 23.8 Å². The van der Waals surface area contributed by atoms with Crippen molar-refractivity contribution in [3.63, 3.8) is 0 Å². The van der Waals surface area contributed by atoms with E-state index >= 15 is 0 Å². The molecule has 0 bridgehead atoms. The fourth-order valence-corrected chi connectivity index (χ4v) is 1.58. The van der Waals surface area contributed by atoms with Crippen LogP contribution in [-0.4, -0.2) is 32.4 Å². The monoisotopic (exact) mass is 250 g/mol. The number of methoxy groups -OCH3 is 1. The SMILES string of the molecule is CNCCC(=O)c1cc(NC(C)=O)ccc1OC. The molecule has 0 aromatic heterocycles. The van der Waals surface area contributed by atoms with Crippen LogP contribution in [0, 0.1) is 0 Å². The van der Waals surface area contributed by atoms with Crippen molar-refractivity contribution < 1.29 is 14.3 Å². The third kappa shape index (κ3) is 3.85. The van der Waals surface area contributed by atoms with Crippen molar-refractivity contribution in [1.82, 2.24) is 5.32 Å². The van der Waals surface area contributed by atoms with Crippen molar-refractivity contribution in [2.24, 2.45) is 0 Å². The van der Waals surface area contributed by atoms with E-state index in [0.29, 0.717) is 30.0 Å². The maximum Gasteiger partial charge on any atom is 0.221 e.